The molecule has 140 valence electrons. The summed E-state index contributed by atoms with van der Waals surface area (Å²) in [6.07, 6.45) is 2.56. The van der Waals surface area contributed by atoms with Crippen LogP contribution in [0.1, 0.15) is 39.2 Å². The molecule has 0 fully saturated rings. The van der Waals surface area contributed by atoms with Crippen molar-refractivity contribution in [1.29, 1.82) is 0 Å². The van der Waals surface area contributed by atoms with Crippen LogP contribution in [0.15, 0.2) is 28.6 Å². The second-order valence-electron chi connectivity index (χ2n) is 5.76. The summed E-state index contributed by atoms with van der Waals surface area (Å²) in [6.45, 7) is 6.07. The van der Waals surface area contributed by atoms with Crippen LogP contribution in [0.2, 0.25) is 0 Å². The van der Waals surface area contributed by atoms with Gasteiger partial charge in [0.25, 0.3) is 0 Å². The summed E-state index contributed by atoms with van der Waals surface area (Å²) in [5, 5.41) is 14.1. The molecule has 26 heavy (non-hydrogen) atoms. The highest BCUT2D eigenvalue weighted by Gasteiger charge is 2.16. The Bertz CT molecular complexity index is 727. The highest BCUT2D eigenvalue weighted by molar-refractivity contribution is 8.01. The zero-order valence-electron chi connectivity index (χ0n) is 15.2. The number of anilines is 2. The third-order valence-electron chi connectivity index (χ3n) is 3.97. The summed E-state index contributed by atoms with van der Waals surface area (Å²) >= 11 is 2.59. The molecule has 0 unspecified atom stereocenters. The molecule has 8 heteroatoms. The average Bonchev–Trinajstić information content (AvgIpc) is 3.09. The van der Waals surface area contributed by atoms with Gasteiger partial charge in [-0.3, -0.25) is 9.59 Å². The minimum absolute atomic E-state index is 0.0140. The predicted molar refractivity (Wildman–Crippen MR) is 108 cm³/mol. The molecule has 0 aliphatic heterocycles. The maximum absolute atomic E-state index is 12.1. The molecular formula is C18H24N4O2S2. The van der Waals surface area contributed by atoms with Crippen LogP contribution in [0, 0.1) is 5.92 Å². The highest BCUT2D eigenvalue weighted by Crippen LogP contribution is 2.26. The minimum Gasteiger partial charge on any atom is -0.325 e. The van der Waals surface area contributed by atoms with Crippen molar-refractivity contribution < 1.29 is 9.59 Å². The van der Waals surface area contributed by atoms with Crippen LogP contribution in [0.3, 0.4) is 0 Å². The molecule has 2 N–H and O–H groups in total. The Morgan fingerprint density at radius 2 is 1.77 bits per heavy atom. The number of carbonyl (C=O) groups is 2. The first-order valence-electron chi connectivity index (χ1n) is 8.71. The number of benzene rings is 1. The molecule has 2 rings (SSSR count). The number of nitrogens with zero attached hydrogens (tertiary/aromatic N) is 2. The zero-order chi connectivity index (χ0) is 18.9. The van der Waals surface area contributed by atoms with Crippen molar-refractivity contribution in [2.24, 2.45) is 5.92 Å². The third-order valence-corrected chi connectivity index (χ3v) is 5.94. The Balaban J connectivity index is 1.81. The maximum atomic E-state index is 12.1. The molecular weight excluding hydrogens is 368 g/mol. The Labute approximate surface area is 162 Å². The van der Waals surface area contributed by atoms with Crippen LogP contribution in [-0.4, -0.2) is 27.8 Å². The van der Waals surface area contributed by atoms with E-state index in [4.69, 9.17) is 0 Å². The topological polar surface area (TPSA) is 84.0 Å². The lowest BCUT2D eigenvalue weighted by molar-refractivity contribution is -0.120. The smallest absolute Gasteiger partial charge is 0.234 e. The summed E-state index contributed by atoms with van der Waals surface area (Å²) in [7, 11) is 0. The number of rotatable bonds is 9. The Kier molecular flexibility index (Phi) is 8.06. The van der Waals surface area contributed by atoms with E-state index in [2.05, 4.69) is 27.8 Å². The number of hydrogen-bond donors (Lipinski definition) is 2. The first-order chi connectivity index (χ1) is 12.5. The monoisotopic (exact) mass is 392 g/mol. The second-order valence-corrected chi connectivity index (χ2v) is 7.96. The van der Waals surface area contributed by atoms with Crippen molar-refractivity contribution in [3.05, 3.63) is 29.8 Å². The molecule has 0 spiro atoms. The van der Waals surface area contributed by atoms with Crippen LogP contribution >= 0.6 is 23.1 Å². The first-order valence-corrected chi connectivity index (χ1v) is 10.5. The molecule has 0 aliphatic rings. The average molecular weight is 393 g/mol. The van der Waals surface area contributed by atoms with E-state index in [0.29, 0.717) is 9.47 Å². The lowest BCUT2D eigenvalue weighted by Crippen LogP contribution is -2.21. The molecule has 0 bridgehead atoms. The summed E-state index contributed by atoms with van der Waals surface area (Å²) in [5.41, 5.74) is 2.01. The van der Waals surface area contributed by atoms with E-state index in [0.717, 1.165) is 24.9 Å². The van der Waals surface area contributed by atoms with E-state index >= 15 is 0 Å². The largest absolute Gasteiger partial charge is 0.325 e. The van der Waals surface area contributed by atoms with Gasteiger partial charge in [0.1, 0.15) is 0 Å². The number of aryl methyl sites for hydroxylation is 1. The fourth-order valence-corrected chi connectivity index (χ4v) is 3.89. The van der Waals surface area contributed by atoms with Gasteiger partial charge in [-0.25, -0.2) is 0 Å². The third kappa shape index (κ3) is 6.10. The van der Waals surface area contributed by atoms with E-state index in [1.165, 1.54) is 28.7 Å². The van der Waals surface area contributed by atoms with E-state index in [1.54, 1.807) is 0 Å². The number of amides is 2. The fourth-order valence-electron chi connectivity index (χ4n) is 2.33. The molecule has 2 aromatic rings. The van der Waals surface area contributed by atoms with Crippen molar-refractivity contribution in [2.45, 2.75) is 44.4 Å². The van der Waals surface area contributed by atoms with Gasteiger partial charge in [-0.2, -0.15) is 0 Å². The summed E-state index contributed by atoms with van der Waals surface area (Å²) in [4.78, 5) is 24.1. The van der Waals surface area contributed by atoms with Crippen molar-refractivity contribution in [3.8, 4) is 0 Å². The number of carbonyl (C=O) groups excluding carboxylic acids is 2. The standard InChI is InChI=1S/C18H24N4O2S2/c1-4-12-7-9-14(10-8-12)19-15(23)11-25-18-22-21-17(26-18)20-16(24)13(5-2)6-3/h7-10,13H,4-6,11H2,1-3H3,(H,19,23)(H,20,21,24). The number of aromatic nitrogens is 2. The van der Waals surface area contributed by atoms with Gasteiger partial charge in [0.05, 0.1) is 5.75 Å². The summed E-state index contributed by atoms with van der Waals surface area (Å²) < 4.78 is 0.654. The molecule has 0 saturated heterocycles. The van der Waals surface area contributed by atoms with Crippen LogP contribution in [0.25, 0.3) is 0 Å². The molecule has 0 saturated carbocycles. The van der Waals surface area contributed by atoms with Crippen molar-refractivity contribution in [1.82, 2.24) is 10.2 Å². The maximum Gasteiger partial charge on any atom is 0.234 e. The summed E-state index contributed by atoms with van der Waals surface area (Å²) in [6, 6.07) is 7.81. The highest BCUT2D eigenvalue weighted by atomic mass is 32.2. The molecule has 6 nitrogen and oxygen atoms in total. The van der Waals surface area contributed by atoms with Crippen LogP contribution in [0.4, 0.5) is 10.8 Å². The SMILES string of the molecule is CCc1ccc(NC(=O)CSc2nnc(NC(=O)C(CC)CC)s2)cc1. The lowest BCUT2D eigenvalue weighted by Gasteiger charge is -2.09. The minimum atomic E-state index is -0.0999. The quantitative estimate of drug-likeness (QED) is 0.493. The van der Waals surface area contributed by atoms with Gasteiger partial charge >= 0.3 is 0 Å². The molecule has 1 heterocycles. The van der Waals surface area contributed by atoms with E-state index in [9.17, 15) is 9.59 Å². The molecule has 1 aromatic carbocycles. The van der Waals surface area contributed by atoms with Gasteiger partial charge in [0.15, 0.2) is 4.34 Å². The first kappa shape index (κ1) is 20.4. The van der Waals surface area contributed by atoms with Crippen LogP contribution in [0.5, 0.6) is 0 Å². The van der Waals surface area contributed by atoms with Crippen LogP contribution < -0.4 is 10.6 Å². The van der Waals surface area contributed by atoms with Gasteiger partial charge in [0.2, 0.25) is 16.9 Å². The fraction of sp³-hybridized carbons (Fsp3) is 0.444. The molecule has 0 aliphatic carbocycles. The van der Waals surface area contributed by atoms with Gasteiger partial charge in [0, 0.05) is 11.6 Å². The van der Waals surface area contributed by atoms with Crippen molar-refractivity contribution >= 4 is 45.7 Å². The van der Waals surface area contributed by atoms with Crippen molar-refractivity contribution in [3.63, 3.8) is 0 Å². The predicted octanol–water partition coefficient (Wildman–Crippen LogP) is 4.21. The van der Waals surface area contributed by atoms with E-state index < -0.39 is 0 Å². The summed E-state index contributed by atoms with van der Waals surface area (Å²) in [5.74, 6) is 0.0953. The molecule has 2 amide bonds. The second kappa shape index (κ2) is 10.3. The zero-order valence-corrected chi connectivity index (χ0v) is 16.9. The van der Waals surface area contributed by atoms with Gasteiger partial charge in [-0.15, -0.1) is 10.2 Å². The van der Waals surface area contributed by atoms with Gasteiger partial charge < -0.3 is 10.6 Å². The molecule has 1 aromatic heterocycles. The Hall–Kier alpha value is -1.93. The molecule has 0 radical (unpaired) electrons. The number of thioether (sulfide) groups is 1. The van der Waals surface area contributed by atoms with E-state index in [1.807, 2.05) is 38.1 Å². The van der Waals surface area contributed by atoms with Crippen molar-refractivity contribution in [2.75, 3.05) is 16.4 Å². The van der Waals surface area contributed by atoms with Gasteiger partial charge in [-0.1, -0.05) is 56.0 Å². The number of hydrogen-bond acceptors (Lipinski definition) is 6. The molecule has 0 atom stereocenters. The normalized spacial score (nSPS) is 10.8. The van der Waals surface area contributed by atoms with Crippen LogP contribution in [-0.2, 0) is 16.0 Å². The van der Waals surface area contributed by atoms with Gasteiger partial charge in [-0.05, 0) is 37.0 Å². The Morgan fingerprint density at radius 3 is 2.38 bits per heavy atom. The van der Waals surface area contributed by atoms with E-state index in [-0.39, 0.29) is 23.5 Å². The lowest BCUT2D eigenvalue weighted by atomic mass is 10.0. The Morgan fingerprint density at radius 1 is 1.08 bits per heavy atom. The number of nitrogens with one attached hydrogen (secondary N) is 2.